The molecule has 2 aliphatic heterocycles. The van der Waals surface area contributed by atoms with Crippen molar-refractivity contribution in [2.24, 2.45) is 11.8 Å². The van der Waals surface area contributed by atoms with Crippen LogP contribution in [0.1, 0.15) is 33.1 Å². The molecule has 0 radical (unpaired) electrons. The molecule has 34 heavy (non-hydrogen) atoms. The van der Waals surface area contributed by atoms with Crippen LogP contribution in [0.25, 0.3) is 11.1 Å². The fourth-order valence-corrected chi connectivity index (χ4v) is 5.42. The summed E-state index contributed by atoms with van der Waals surface area (Å²) < 4.78 is 14.4. The van der Waals surface area contributed by atoms with Crippen LogP contribution in [-0.2, 0) is 9.59 Å². The molecule has 9 nitrogen and oxygen atoms in total. The van der Waals surface area contributed by atoms with E-state index in [1.165, 1.54) is 12.1 Å². The first-order valence-electron chi connectivity index (χ1n) is 11.8. The van der Waals surface area contributed by atoms with Crippen molar-refractivity contribution in [2.45, 2.75) is 44.7 Å². The number of benzene rings is 1. The molecular formula is C24H29FN6O3. The van der Waals surface area contributed by atoms with E-state index in [4.69, 9.17) is 0 Å². The Hall–Kier alpha value is -3.43. The fraction of sp³-hybridized carbons (Fsp3) is 0.500. The van der Waals surface area contributed by atoms with E-state index in [2.05, 4.69) is 25.7 Å². The summed E-state index contributed by atoms with van der Waals surface area (Å²) in [6.07, 6.45) is 5.42. The van der Waals surface area contributed by atoms with Crippen LogP contribution in [0.3, 0.4) is 0 Å². The van der Waals surface area contributed by atoms with Crippen LogP contribution in [0.5, 0.6) is 0 Å². The van der Waals surface area contributed by atoms with Crippen molar-refractivity contribution in [2.75, 3.05) is 24.5 Å². The Labute approximate surface area is 197 Å². The quantitative estimate of drug-likeness (QED) is 0.564. The van der Waals surface area contributed by atoms with Gasteiger partial charge in [-0.05, 0) is 55.9 Å². The third kappa shape index (κ3) is 4.01. The van der Waals surface area contributed by atoms with Crippen molar-refractivity contribution in [3.05, 3.63) is 36.4 Å². The lowest BCUT2D eigenvalue weighted by Crippen LogP contribution is -2.56. The summed E-state index contributed by atoms with van der Waals surface area (Å²) in [4.78, 5) is 41.6. The van der Waals surface area contributed by atoms with Crippen LogP contribution >= 0.6 is 0 Å². The Balaban J connectivity index is 1.26. The standard InChI is InChI=1S/C24H29FN6O3/c1-14(10-24(18-3-4-18)22(33)28-23(34)29-24)21(32)30-5-6-31(15(2)13-30)20-8-16(7-19(25)9-20)17-11-26-27-12-17/h7-9,11-12,14-15,18H,3-6,10,13H2,1-2H3,(H,26,27)(H2,28,29,33,34)/t14-,15-,24-/m0/s1. The Bertz CT molecular complexity index is 1120. The van der Waals surface area contributed by atoms with E-state index in [9.17, 15) is 18.8 Å². The van der Waals surface area contributed by atoms with Crippen LogP contribution in [-0.4, -0.2) is 64.2 Å². The third-order valence-electron chi connectivity index (χ3n) is 7.28. The normalized spacial score (nSPS) is 25.8. The van der Waals surface area contributed by atoms with Gasteiger partial charge >= 0.3 is 6.03 Å². The van der Waals surface area contributed by atoms with Crippen LogP contribution in [0.2, 0.25) is 0 Å². The number of aromatic amines is 1. The summed E-state index contributed by atoms with van der Waals surface area (Å²) in [6, 6.07) is 4.43. The van der Waals surface area contributed by atoms with Crippen molar-refractivity contribution >= 4 is 23.5 Å². The van der Waals surface area contributed by atoms with Gasteiger partial charge in [0.2, 0.25) is 5.91 Å². The molecule has 0 unspecified atom stereocenters. The molecule has 10 heteroatoms. The molecule has 2 aromatic rings. The van der Waals surface area contributed by atoms with Crippen molar-refractivity contribution in [1.82, 2.24) is 25.7 Å². The minimum absolute atomic E-state index is 0.0178. The summed E-state index contributed by atoms with van der Waals surface area (Å²) in [6.45, 7) is 5.41. The predicted molar refractivity (Wildman–Crippen MR) is 123 cm³/mol. The van der Waals surface area contributed by atoms with E-state index in [1.54, 1.807) is 12.4 Å². The van der Waals surface area contributed by atoms with Crippen LogP contribution in [0, 0.1) is 17.7 Å². The number of anilines is 1. The maximum absolute atomic E-state index is 14.4. The number of nitrogens with zero attached hydrogens (tertiary/aromatic N) is 3. The van der Waals surface area contributed by atoms with E-state index in [-0.39, 0.29) is 29.6 Å². The highest BCUT2D eigenvalue weighted by molar-refractivity contribution is 6.07. The van der Waals surface area contributed by atoms with Crippen molar-refractivity contribution in [3.8, 4) is 11.1 Å². The molecule has 3 heterocycles. The highest BCUT2D eigenvalue weighted by Gasteiger charge is 2.56. The smallest absolute Gasteiger partial charge is 0.322 e. The average molecular weight is 469 g/mol. The summed E-state index contributed by atoms with van der Waals surface area (Å²) >= 11 is 0. The van der Waals surface area contributed by atoms with Gasteiger partial charge in [-0.3, -0.25) is 20.0 Å². The fourth-order valence-electron chi connectivity index (χ4n) is 5.42. The zero-order chi connectivity index (χ0) is 24.0. The average Bonchev–Trinajstić information content (AvgIpc) is 3.43. The molecule has 2 saturated heterocycles. The van der Waals surface area contributed by atoms with E-state index < -0.39 is 17.5 Å². The molecule has 3 atom stereocenters. The number of H-pyrrole nitrogens is 1. The zero-order valence-corrected chi connectivity index (χ0v) is 19.3. The second kappa shape index (κ2) is 8.41. The van der Waals surface area contributed by atoms with Crippen LogP contribution < -0.4 is 15.5 Å². The Kier molecular flexibility index (Phi) is 5.53. The molecule has 3 aliphatic rings. The molecule has 0 bridgehead atoms. The maximum Gasteiger partial charge on any atom is 0.322 e. The van der Waals surface area contributed by atoms with Gasteiger partial charge in [-0.25, -0.2) is 9.18 Å². The van der Waals surface area contributed by atoms with Crippen molar-refractivity contribution < 1.29 is 18.8 Å². The second-order valence-electron chi connectivity index (χ2n) is 9.77. The molecule has 1 aromatic heterocycles. The van der Waals surface area contributed by atoms with Crippen LogP contribution in [0.15, 0.2) is 30.6 Å². The van der Waals surface area contributed by atoms with Gasteiger partial charge in [0.1, 0.15) is 11.4 Å². The second-order valence-corrected chi connectivity index (χ2v) is 9.77. The van der Waals surface area contributed by atoms with Gasteiger partial charge in [-0.1, -0.05) is 6.92 Å². The zero-order valence-electron chi connectivity index (χ0n) is 19.3. The first-order chi connectivity index (χ1) is 16.3. The SMILES string of the molecule is C[C@@H](C[C@@]1(C2CC2)NC(=O)NC1=O)C(=O)N1CCN(c2cc(F)cc(-c3cn[nH]c3)c2)[C@@H](C)C1. The molecule has 5 rings (SSSR count). The first kappa shape index (κ1) is 22.4. The number of carbonyl (C=O) groups excluding carboxylic acids is 3. The molecule has 3 N–H and O–H groups in total. The van der Waals surface area contributed by atoms with E-state index in [0.29, 0.717) is 26.1 Å². The first-order valence-corrected chi connectivity index (χ1v) is 11.8. The molecule has 0 spiro atoms. The number of urea groups is 1. The monoisotopic (exact) mass is 468 g/mol. The summed E-state index contributed by atoms with van der Waals surface area (Å²) in [5.41, 5.74) is 1.33. The lowest BCUT2D eigenvalue weighted by atomic mass is 9.83. The van der Waals surface area contributed by atoms with Gasteiger partial charge in [-0.15, -0.1) is 0 Å². The Morgan fingerprint density at radius 1 is 1.24 bits per heavy atom. The van der Waals surface area contributed by atoms with Gasteiger partial charge in [0.05, 0.1) is 6.20 Å². The molecule has 4 amide bonds. The number of nitrogens with one attached hydrogen (secondary N) is 3. The number of rotatable bonds is 6. The lowest BCUT2D eigenvalue weighted by Gasteiger charge is -2.42. The topological polar surface area (TPSA) is 110 Å². The maximum atomic E-state index is 14.4. The van der Waals surface area contributed by atoms with Gasteiger partial charge < -0.3 is 15.1 Å². The molecule has 1 saturated carbocycles. The number of hydrogen-bond donors (Lipinski definition) is 3. The molecular weight excluding hydrogens is 439 g/mol. The third-order valence-corrected chi connectivity index (χ3v) is 7.28. The van der Waals surface area contributed by atoms with Crippen LogP contribution in [0.4, 0.5) is 14.9 Å². The number of hydrogen-bond acceptors (Lipinski definition) is 5. The summed E-state index contributed by atoms with van der Waals surface area (Å²) in [5.74, 6) is -1.00. The number of imide groups is 1. The van der Waals surface area contributed by atoms with Crippen molar-refractivity contribution in [3.63, 3.8) is 0 Å². The predicted octanol–water partition coefficient (Wildman–Crippen LogP) is 2.27. The minimum Gasteiger partial charge on any atom is -0.365 e. The highest BCUT2D eigenvalue weighted by atomic mass is 19.1. The number of halogens is 1. The molecule has 180 valence electrons. The molecule has 3 fully saturated rings. The highest BCUT2D eigenvalue weighted by Crippen LogP contribution is 2.44. The Morgan fingerprint density at radius 3 is 2.65 bits per heavy atom. The number of carbonyl (C=O) groups is 3. The van der Waals surface area contributed by atoms with Gasteiger partial charge in [0.15, 0.2) is 0 Å². The number of aromatic nitrogens is 2. The van der Waals surface area contributed by atoms with E-state index in [1.807, 2.05) is 24.8 Å². The molecule has 1 aromatic carbocycles. The van der Waals surface area contributed by atoms with Gasteiger partial charge in [0, 0.05) is 49.0 Å². The Morgan fingerprint density at radius 2 is 2.03 bits per heavy atom. The summed E-state index contributed by atoms with van der Waals surface area (Å²) in [7, 11) is 0. The minimum atomic E-state index is -0.981. The van der Waals surface area contributed by atoms with Gasteiger partial charge in [-0.2, -0.15) is 5.10 Å². The number of piperazine rings is 1. The lowest BCUT2D eigenvalue weighted by molar-refractivity contribution is -0.137. The number of amides is 4. The van der Waals surface area contributed by atoms with E-state index in [0.717, 1.165) is 29.7 Å². The molecule has 1 aliphatic carbocycles. The summed E-state index contributed by atoms with van der Waals surface area (Å²) in [5, 5.41) is 11.8. The van der Waals surface area contributed by atoms with Crippen molar-refractivity contribution in [1.29, 1.82) is 0 Å². The van der Waals surface area contributed by atoms with Gasteiger partial charge in [0.25, 0.3) is 5.91 Å². The largest absolute Gasteiger partial charge is 0.365 e. The van der Waals surface area contributed by atoms with E-state index >= 15 is 0 Å².